The van der Waals surface area contributed by atoms with Crippen molar-refractivity contribution in [1.82, 2.24) is 4.98 Å². The third-order valence-corrected chi connectivity index (χ3v) is 2.90. The molecule has 0 radical (unpaired) electrons. The number of hydrogen-bond donors (Lipinski definition) is 0. The fourth-order valence-electron chi connectivity index (χ4n) is 0.613. The molecule has 0 amide bonds. The molecule has 0 spiro atoms. The van der Waals surface area contributed by atoms with Crippen LogP contribution in [0.2, 0.25) is 0 Å². The highest BCUT2D eigenvalue weighted by atomic mass is 79.9. The van der Waals surface area contributed by atoms with Crippen molar-refractivity contribution in [2.75, 3.05) is 12.4 Å². The standard InChI is InChI=1S/C7H7BrFNS/c8-6-2-1-4-10-7(6)11-5-3-9/h1-2,4H,3,5H2. The highest BCUT2D eigenvalue weighted by molar-refractivity contribution is 9.10. The Kier molecular flexibility index (Phi) is 3.86. The molecule has 1 aromatic rings. The molecular weight excluding hydrogens is 229 g/mol. The number of nitrogens with zero attached hydrogens (tertiary/aromatic N) is 1. The van der Waals surface area contributed by atoms with Crippen molar-refractivity contribution in [3.8, 4) is 0 Å². The maximum Gasteiger partial charge on any atom is 0.110 e. The lowest BCUT2D eigenvalue weighted by Crippen LogP contribution is -1.84. The third-order valence-electron chi connectivity index (χ3n) is 1.04. The Morgan fingerprint density at radius 3 is 3.09 bits per heavy atom. The van der Waals surface area contributed by atoms with Gasteiger partial charge >= 0.3 is 0 Å². The Morgan fingerprint density at radius 1 is 1.64 bits per heavy atom. The Balaban J connectivity index is 2.62. The normalized spacial score (nSPS) is 10.0. The summed E-state index contributed by atoms with van der Waals surface area (Å²) in [5.74, 6) is 0.468. The van der Waals surface area contributed by atoms with Crippen molar-refractivity contribution in [2.45, 2.75) is 5.03 Å². The molecule has 60 valence electrons. The minimum atomic E-state index is -0.312. The van der Waals surface area contributed by atoms with Gasteiger partial charge in [-0.25, -0.2) is 4.98 Å². The van der Waals surface area contributed by atoms with E-state index in [-0.39, 0.29) is 6.67 Å². The van der Waals surface area contributed by atoms with Gasteiger partial charge in [-0.05, 0) is 28.1 Å². The summed E-state index contributed by atoms with van der Waals surface area (Å²) >= 11 is 4.73. The number of hydrogen-bond acceptors (Lipinski definition) is 2. The predicted molar refractivity (Wildman–Crippen MR) is 48.6 cm³/mol. The monoisotopic (exact) mass is 235 g/mol. The topological polar surface area (TPSA) is 12.9 Å². The van der Waals surface area contributed by atoms with E-state index in [0.717, 1.165) is 9.50 Å². The van der Waals surface area contributed by atoms with Crippen molar-refractivity contribution in [3.63, 3.8) is 0 Å². The zero-order chi connectivity index (χ0) is 8.10. The van der Waals surface area contributed by atoms with E-state index in [2.05, 4.69) is 20.9 Å². The maximum absolute atomic E-state index is 11.7. The second-order valence-electron chi connectivity index (χ2n) is 1.83. The first kappa shape index (κ1) is 9.00. The summed E-state index contributed by atoms with van der Waals surface area (Å²) in [6.45, 7) is -0.312. The molecule has 4 heteroatoms. The first-order valence-electron chi connectivity index (χ1n) is 3.14. The number of rotatable bonds is 3. The Labute approximate surface area is 77.5 Å². The van der Waals surface area contributed by atoms with Crippen LogP contribution in [0.15, 0.2) is 27.8 Å². The SMILES string of the molecule is FCCSc1ncccc1Br. The summed E-state index contributed by atoms with van der Waals surface area (Å²) < 4.78 is 12.7. The molecule has 0 aliphatic heterocycles. The van der Waals surface area contributed by atoms with Crippen LogP contribution in [0.5, 0.6) is 0 Å². The molecule has 0 N–H and O–H groups in total. The second-order valence-corrected chi connectivity index (χ2v) is 3.77. The minimum Gasteiger partial charge on any atom is -0.250 e. The molecule has 1 aromatic heterocycles. The van der Waals surface area contributed by atoms with Crippen LogP contribution in [0.1, 0.15) is 0 Å². The smallest absolute Gasteiger partial charge is 0.110 e. The zero-order valence-electron chi connectivity index (χ0n) is 5.76. The summed E-state index contributed by atoms with van der Waals surface area (Å²) in [5, 5.41) is 0.852. The molecule has 0 aliphatic rings. The average molecular weight is 236 g/mol. The van der Waals surface area contributed by atoms with E-state index in [4.69, 9.17) is 0 Å². The lowest BCUT2D eigenvalue weighted by Gasteiger charge is -1.98. The quantitative estimate of drug-likeness (QED) is 0.748. The molecule has 11 heavy (non-hydrogen) atoms. The van der Waals surface area contributed by atoms with Crippen LogP contribution in [0.3, 0.4) is 0 Å². The molecule has 1 nitrogen and oxygen atoms in total. The largest absolute Gasteiger partial charge is 0.250 e. The van der Waals surface area contributed by atoms with E-state index < -0.39 is 0 Å². The molecule has 0 saturated heterocycles. The van der Waals surface area contributed by atoms with E-state index in [1.165, 1.54) is 11.8 Å². The number of thioether (sulfide) groups is 1. The van der Waals surface area contributed by atoms with Crippen molar-refractivity contribution in [1.29, 1.82) is 0 Å². The number of pyridine rings is 1. The molecule has 0 bridgehead atoms. The van der Waals surface area contributed by atoms with Gasteiger partial charge in [0.05, 0.1) is 6.67 Å². The van der Waals surface area contributed by atoms with Crippen LogP contribution in [0, 0.1) is 0 Å². The highest BCUT2D eigenvalue weighted by Crippen LogP contribution is 2.23. The summed E-state index contributed by atoms with van der Waals surface area (Å²) in [4.78, 5) is 4.07. The van der Waals surface area contributed by atoms with Gasteiger partial charge in [-0.3, -0.25) is 4.39 Å². The second kappa shape index (κ2) is 4.72. The van der Waals surface area contributed by atoms with E-state index >= 15 is 0 Å². The van der Waals surface area contributed by atoms with Crippen LogP contribution in [0.25, 0.3) is 0 Å². The third kappa shape index (κ3) is 2.79. The van der Waals surface area contributed by atoms with E-state index in [0.29, 0.717) is 5.75 Å². The first-order chi connectivity index (χ1) is 5.34. The fourth-order valence-corrected chi connectivity index (χ4v) is 1.82. The number of alkyl halides is 1. The van der Waals surface area contributed by atoms with Gasteiger partial charge in [-0.1, -0.05) is 0 Å². The van der Waals surface area contributed by atoms with Crippen LogP contribution in [-0.4, -0.2) is 17.4 Å². The maximum atomic E-state index is 11.7. The molecule has 0 saturated carbocycles. The predicted octanol–water partition coefficient (Wildman–Crippen LogP) is 2.91. The zero-order valence-corrected chi connectivity index (χ0v) is 8.16. The first-order valence-corrected chi connectivity index (χ1v) is 4.91. The van der Waals surface area contributed by atoms with Gasteiger partial charge in [0.25, 0.3) is 0 Å². The summed E-state index contributed by atoms with van der Waals surface area (Å²) in [5.41, 5.74) is 0. The summed E-state index contributed by atoms with van der Waals surface area (Å²) in [6.07, 6.45) is 1.70. The van der Waals surface area contributed by atoms with Crippen LogP contribution < -0.4 is 0 Å². The fraction of sp³-hybridized carbons (Fsp3) is 0.286. The van der Waals surface area contributed by atoms with E-state index in [1.807, 2.05) is 12.1 Å². The lowest BCUT2D eigenvalue weighted by atomic mass is 10.5. The molecule has 0 fully saturated rings. The van der Waals surface area contributed by atoms with Gasteiger partial charge in [-0.2, -0.15) is 0 Å². The lowest BCUT2D eigenvalue weighted by molar-refractivity contribution is 0.532. The number of halogens is 2. The molecule has 0 atom stereocenters. The Morgan fingerprint density at radius 2 is 2.45 bits per heavy atom. The molecule has 1 heterocycles. The Hall–Kier alpha value is -0.0900. The molecule has 0 unspecified atom stereocenters. The van der Waals surface area contributed by atoms with Crippen LogP contribution >= 0.6 is 27.7 Å². The summed E-state index contributed by atoms with van der Waals surface area (Å²) in [7, 11) is 0. The van der Waals surface area contributed by atoms with E-state index in [1.54, 1.807) is 6.20 Å². The molecule has 1 rings (SSSR count). The number of aromatic nitrogens is 1. The minimum absolute atomic E-state index is 0.312. The highest BCUT2D eigenvalue weighted by Gasteiger charge is 1.98. The van der Waals surface area contributed by atoms with Crippen molar-refractivity contribution in [3.05, 3.63) is 22.8 Å². The van der Waals surface area contributed by atoms with Crippen molar-refractivity contribution in [2.24, 2.45) is 0 Å². The van der Waals surface area contributed by atoms with Crippen molar-refractivity contribution < 1.29 is 4.39 Å². The average Bonchev–Trinajstić information content (AvgIpc) is 2.03. The van der Waals surface area contributed by atoms with Gasteiger partial charge in [0.2, 0.25) is 0 Å². The van der Waals surface area contributed by atoms with Gasteiger partial charge in [0.15, 0.2) is 0 Å². The van der Waals surface area contributed by atoms with E-state index in [9.17, 15) is 4.39 Å². The summed E-state index contributed by atoms with van der Waals surface area (Å²) in [6, 6.07) is 3.73. The van der Waals surface area contributed by atoms with Gasteiger partial charge in [0, 0.05) is 16.4 Å². The Bertz CT molecular complexity index is 231. The van der Waals surface area contributed by atoms with Gasteiger partial charge < -0.3 is 0 Å². The molecular formula is C7H7BrFNS. The van der Waals surface area contributed by atoms with Crippen molar-refractivity contribution >= 4 is 27.7 Å². The van der Waals surface area contributed by atoms with Gasteiger partial charge in [0.1, 0.15) is 5.03 Å². The van der Waals surface area contributed by atoms with Crippen LogP contribution in [-0.2, 0) is 0 Å². The molecule has 0 aliphatic carbocycles. The van der Waals surface area contributed by atoms with Gasteiger partial charge in [-0.15, -0.1) is 11.8 Å². The van der Waals surface area contributed by atoms with Crippen LogP contribution in [0.4, 0.5) is 4.39 Å². The molecule has 0 aromatic carbocycles.